The van der Waals surface area contributed by atoms with Gasteiger partial charge in [-0.1, -0.05) is 103 Å². The molecule has 32 heavy (non-hydrogen) atoms. The molecule has 1 unspecified atom stereocenters. The molecule has 0 aliphatic carbocycles. The Hall–Kier alpha value is -3.67. The summed E-state index contributed by atoms with van der Waals surface area (Å²) in [6.07, 6.45) is 0. The Balaban J connectivity index is 1.60. The molecule has 2 heterocycles. The van der Waals surface area contributed by atoms with E-state index in [1.165, 1.54) is 60.0 Å². The van der Waals surface area contributed by atoms with Gasteiger partial charge in [-0.3, -0.25) is 0 Å². The molecule has 2 heteroatoms. The molecule has 0 bridgehead atoms. The van der Waals surface area contributed by atoms with Gasteiger partial charge in [0.15, 0.2) is 0 Å². The number of aromatic amines is 1. The van der Waals surface area contributed by atoms with Crippen LogP contribution >= 0.6 is 7.92 Å². The minimum Gasteiger partial charge on any atom is -0.354 e. The highest BCUT2D eigenvalue weighted by atomic mass is 31.1. The van der Waals surface area contributed by atoms with E-state index in [0.717, 1.165) is 0 Å². The SMILES string of the molecule is c1ccc2c(c1)-c1[nH]c3ccccc3c1-c1ccccc1P2c1ccc2ccccc2c1. The number of rotatable bonds is 1. The average molecular weight is 425 g/mol. The first kappa shape index (κ1) is 18.0. The fourth-order valence-corrected chi connectivity index (χ4v) is 7.74. The number of benzene rings is 5. The van der Waals surface area contributed by atoms with Crippen LogP contribution in [0.25, 0.3) is 44.1 Å². The molecule has 0 amide bonds. The van der Waals surface area contributed by atoms with E-state index in [1.807, 2.05) is 0 Å². The number of aromatic nitrogens is 1. The quantitative estimate of drug-likeness (QED) is 0.281. The van der Waals surface area contributed by atoms with E-state index < -0.39 is 7.92 Å². The normalized spacial score (nSPS) is 14.6. The fourth-order valence-electron chi connectivity index (χ4n) is 5.11. The van der Waals surface area contributed by atoms with Gasteiger partial charge in [0, 0.05) is 22.0 Å². The monoisotopic (exact) mass is 425 g/mol. The lowest BCUT2D eigenvalue weighted by atomic mass is 9.98. The summed E-state index contributed by atoms with van der Waals surface area (Å²) < 4.78 is 0. The third-order valence-corrected chi connectivity index (χ3v) is 9.06. The number of H-pyrrole nitrogens is 1. The summed E-state index contributed by atoms with van der Waals surface area (Å²) in [5.74, 6) is 0. The first-order valence-electron chi connectivity index (χ1n) is 11.0. The van der Waals surface area contributed by atoms with Gasteiger partial charge in [-0.15, -0.1) is 0 Å². The summed E-state index contributed by atoms with van der Waals surface area (Å²) in [7, 11) is -0.694. The molecule has 1 nitrogen and oxygen atoms in total. The lowest BCUT2D eigenvalue weighted by molar-refractivity contribution is 1.46. The van der Waals surface area contributed by atoms with E-state index in [-0.39, 0.29) is 0 Å². The van der Waals surface area contributed by atoms with Crippen molar-refractivity contribution in [2.24, 2.45) is 0 Å². The molecule has 0 radical (unpaired) electrons. The summed E-state index contributed by atoms with van der Waals surface area (Å²) in [6.45, 7) is 0. The second-order valence-corrected chi connectivity index (χ2v) is 10.5. The van der Waals surface area contributed by atoms with Crippen LogP contribution in [-0.4, -0.2) is 4.98 Å². The molecule has 1 atom stereocenters. The predicted octanol–water partition coefficient (Wildman–Crippen LogP) is 6.73. The maximum atomic E-state index is 3.77. The molecule has 6 aromatic rings. The Morgan fingerprint density at radius 1 is 0.531 bits per heavy atom. The molecule has 0 fully saturated rings. The fraction of sp³-hybridized carbons (Fsp3) is 0. The second kappa shape index (κ2) is 6.92. The number of para-hydroxylation sites is 1. The second-order valence-electron chi connectivity index (χ2n) is 8.32. The highest BCUT2D eigenvalue weighted by molar-refractivity contribution is 7.80. The first-order valence-corrected chi connectivity index (χ1v) is 12.3. The topological polar surface area (TPSA) is 15.8 Å². The van der Waals surface area contributed by atoms with Gasteiger partial charge in [-0.2, -0.15) is 0 Å². The van der Waals surface area contributed by atoms with Crippen molar-refractivity contribution in [1.29, 1.82) is 0 Å². The van der Waals surface area contributed by atoms with Gasteiger partial charge in [0.05, 0.1) is 5.69 Å². The van der Waals surface area contributed by atoms with E-state index in [0.29, 0.717) is 0 Å². The Bertz CT molecular complexity index is 1640. The van der Waals surface area contributed by atoms with Crippen LogP contribution in [0.2, 0.25) is 0 Å². The number of fused-ring (bicyclic) bond motifs is 8. The van der Waals surface area contributed by atoms with Gasteiger partial charge in [-0.05, 0) is 52.3 Å². The standard InChI is InChI=1S/C30H20NP/c1-2-10-21-19-22(18-17-20(21)9-1)32-27-15-7-4-12-24(27)29-23-11-3-6-14-26(23)31-30(29)25-13-5-8-16-28(25)32/h1-19,31H. The summed E-state index contributed by atoms with van der Waals surface area (Å²) in [5, 5.41) is 8.12. The minimum absolute atomic E-state index is 0.694. The van der Waals surface area contributed by atoms with Crippen LogP contribution in [-0.2, 0) is 0 Å². The molecule has 0 spiro atoms. The maximum absolute atomic E-state index is 3.77. The van der Waals surface area contributed by atoms with E-state index in [2.05, 4.69) is 120 Å². The average Bonchev–Trinajstić information content (AvgIpc) is 3.19. The number of nitrogens with one attached hydrogen (secondary N) is 1. The largest absolute Gasteiger partial charge is 0.354 e. The van der Waals surface area contributed by atoms with Crippen LogP contribution in [0, 0.1) is 0 Å². The number of hydrogen-bond acceptors (Lipinski definition) is 0. The lowest BCUT2D eigenvalue weighted by Crippen LogP contribution is -2.22. The Morgan fingerprint density at radius 3 is 2.06 bits per heavy atom. The molecule has 150 valence electrons. The molecule has 1 aliphatic rings. The molecule has 1 aliphatic heterocycles. The van der Waals surface area contributed by atoms with Crippen LogP contribution < -0.4 is 15.9 Å². The van der Waals surface area contributed by atoms with Crippen molar-refractivity contribution in [3.63, 3.8) is 0 Å². The van der Waals surface area contributed by atoms with Gasteiger partial charge in [0.2, 0.25) is 0 Å². The number of hydrogen-bond donors (Lipinski definition) is 1. The molecule has 1 N–H and O–H groups in total. The zero-order chi connectivity index (χ0) is 21.1. The summed E-state index contributed by atoms with van der Waals surface area (Å²) in [5.41, 5.74) is 6.41. The van der Waals surface area contributed by atoms with Gasteiger partial charge in [0.25, 0.3) is 0 Å². The Morgan fingerprint density at radius 2 is 1.19 bits per heavy atom. The molecule has 5 aromatic carbocycles. The zero-order valence-corrected chi connectivity index (χ0v) is 18.3. The maximum Gasteiger partial charge on any atom is 0.0551 e. The van der Waals surface area contributed by atoms with Crippen molar-refractivity contribution in [1.82, 2.24) is 4.98 Å². The predicted molar refractivity (Wildman–Crippen MR) is 139 cm³/mol. The van der Waals surface area contributed by atoms with E-state index in [4.69, 9.17) is 0 Å². The molecule has 0 saturated carbocycles. The highest BCUT2D eigenvalue weighted by Gasteiger charge is 2.30. The Kier molecular flexibility index (Phi) is 3.88. The van der Waals surface area contributed by atoms with E-state index in [1.54, 1.807) is 0 Å². The molecular weight excluding hydrogens is 405 g/mol. The van der Waals surface area contributed by atoms with Crippen molar-refractivity contribution in [2.45, 2.75) is 0 Å². The van der Waals surface area contributed by atoms with Crippen LogP contribution in [0.3, 0.4) is 0 Å². The van der Waals surface area contributed by atoms with Gasteiger partial charge in [-0.25, -0.2) is 0 Å². The Labute approximate surface area is 188 Å². The molecular formula is C30H20NP. The summed E-state index contributed by atoms with van der Waals surface area (Å²) >= 11 is 0. The van der Waals surface area contributed by atoms with Crippen molar-refractivity contribution in [3.8, 4) is 22.4 Å². The van der Waals surface area contributed by atoms with Gasteiger partial charge < -0.3 is 4.98 Å². The van der Waals surface area contributed by atoms with Crippen LogP contribution in [0.15, 0.2) is 115 Å². The molecule has 7 rings (SSSR count). The molecule has 0 saturated heterocycles. The molecule has 1 aromatic heterocycles. The summed E-state index contributed by atoms with van der Waals surface area (Å²) in [4.78, 5) is 3.77. The zero-order valence-electron chi connectivity index (χ0n) is 17.4. The van der Waals surface area contributed by atoms with Crippen molar-refractivity contribution >= 4 is 45.5 Å². The smallest absolute Gasteiger partial charge is 0.0551 e. The van der Waals surface area contributed by atoms with E-state index in [9.17, 15) is 0 Å². The summed E-state index contributed by atoms with van der Waals surface area (Å²) in [6, 6.07) is 42.3. The van der Waals surface area contributed by atoms with Crippen molar-refractivity contribution < 1.29 is 0 Å². The van der Waals surface area contributed by atoms with Crippen molar-refractivity contribution in [2.75, 3.05) is 0 Å². The van der Waals surface area contributed by atoms with Gasteiger partial charge >= 0.3 is 0 Å². The third-order valence-electron chi connectivity index (χ3n) is 6.53. The first-order chi connectivity index (χ1) is 15.9. The highest BCUT2D eigenvalue weighted by Crippen LogP contribution is 2.48. The van der Waals surface area contributed by atoms with Crippen LogP contribution in [0.1, 0.15) is 0 Å². The lowest BCUT2D eigenvalue weighted by Gasteiger charge is -2.22. The van der Waals surface area contributed by atoms with Gasteiger partial charge in [0.1, 0.15) is 0 Å². The van der Waals surface area contributed by atoms with Crippen molar-refractivity contribution in [3.05, 3.63) is 115 Å². The van der Waals surface area contributed by atoms with Crippen LogP contribution in [0.5, 0.6) is 0 Å². The van der Waals surface area contributed by atoms with E-state index >= 15 is 0 Å². The third kappa shape index (κ3) is 2.55. The van der Waals surface area contributed by atoms with Crippen LogP contribution in [0.4, 0.5) is 0 Å². The minimum atomic E-state index is -0.694.